The third-order valence-corrected chi connectivity index (χ3v) is 15.3. The number of likely N-dealkylation sites (N-methyl/N-ethyl adjacent to an activating group) is 1. The topological polar surface area (TPSA) is 160 Å². The van der Waals surface area contributed by atoms with E-state index in [9.17, 15) is 14.4 Å². The van der Waals surface area contributed by atoms with Crippen LogP contribution in [0.4, 0.5) is 22.1 Å². The number of fused-ring (bicyclic) bond motifs is 1. The summed E-state index contributed by atoms with van der Waals surface area (Å²) < 4.78 is 8.39. The first kappa shape index (κ1) is 35.6. The molecule has 4 aromatic rings. The van der Waals surface area contributed by atoms with E-state index in [1.807, 2.05) is 36.6 Å². The van der Waals surface area contributed by atoms with Gasteiger partial charge in [-0.1, -0.05) is 20.8 Å². The Balaban J connectivity index is 1.14. The number of amides is 4. The summed E-state index contributed by atoms with van der Waals surface area (Å²) in [5.74, 6) is 1.97. The monoisotopic (exact) mass is 724 g/mol. The Bertz CT molecular complexity index is 2060. The molecule has 0 bridgehead atoms. The fourth-order valence-electron chi connectivity index (χ4n) is 6.25. The largest absolute Gasteiger partial charge is 0.416 e. The quantitative estimate of drug-likeness (QED) is 0.132. The molecular formula is C37H48N10O4Si. The Morgan fingerprint density at radius 3 is 2.50 bits per heavy atom. The maximum absolute atomic E-state index is 13.4. The van der Waals surface area contributed by atoms with Crippen LogP contribution in [-0.2, 0) is 20.4 Å². The van der Waals surface area contributed by atoms with Crippen molar-refractivity contribution in [1.82, 2.24) is 34.2 Å². The summed E-state index contributed by atoms with van der Waals surface area (Å²) in [6, 6.07) is 4.92. The van der Waals surface area contributed by atoms with E-state index in [2.05, 4.69) is 60.7 Å². The van der Waals surface area contributed by atoms with Crippen molar-refractivity contribution in [2.75, 3.05) is 35.7 Å². The van der Waals surface area contributed by atoms with E-state index in [-0.39, 0.29) is 47.3 Å². The summed E-state index contributed by atoms with van der Waals surface area (Å²) in [5.41, 5.74) is 3.94. The molecule has 15 heteroatoms. The van der Waals surface area contributed by atoms with E-state index in [0.29, 0.717) is 60.0 Å². The first-order chi connectivity index (χ1) is 24.6. The third-order valence-electron chi connectivity index (χ3n) is 10.8. The number of anilines is 3. The van der Waals surface area contributed by atoms with Crippen molar-refractivity contribution < 1.29 is 18.8 Å². The van der Waals surface area contributed by atoms with E-state index in [1.54, 1.807) is 12.3 Å². The number of urea groups is 1. The smallest absolute Gasteiger partial charge is 0.331 e. The standard InChI is InChI=1S/C37H48N10O4Si/c1-21-11-13-38-33(39-21)25-16-26(25)35(49)44-31-17-30(42-29(43-31)12-14-51-52(7,8)37(3,4)5)40-22(2)27-19-46-18-24(23-9-10-23)15-28(34(46)41-27)47-20-32(48)45(6)36(47)50/h11,13,15,17-19,22-23,25-26H,9-10,12,14,16,20H2,1-8H3,(H2,40,42,43,44,49)/t22-,25?,26?/m1/s1. The van der Waals surface area contributed by atoms with Crippen LogP contribution in [0.1, 0.15) is 93.4 Å². The average molecular weight is 725 g/mol. The minimum absolute atomic E-state index is 0.0217. The summed E-state index contributed by atoms with van der Waals surface area (Å²) in [4.78, 5) is 65.0. The molecule has 14 nitrogen and oxygen atoms in total. The highest BCUT2D eigenvalue weighted by atomic mass is 28.4. The number of aryl methyl sites for hydroxylation is 1. The molecule has 3 fully saturated rings. The number of hydrogen-bond acceptors (Lipinski definition) is 10. The molecule has 4 aromatic heterocycles. The third kappa shape index (κ3) is 7.28. The molecule has 7 rings (SSSR count). The van der Waals surface area contributed by atoms with E-state index in [4.69, 9.17) is 19.4 Å². The molecule has 2 saturated carbocycles. The Kier molecular flexibility index (Phi) is 9.14. The van der Waals surface area contributed by atoms with Crippen LogP contribution in [0.5, 0.6) is 0 Å². The number of imidazole rings is 1. The lowest BCUT2D eigenvalue weighted by Crippen LogP contribution is -2.41. The second-order valence-electron chi connectivity index (χ2n) is 15.9. The van der Waals surface area contributed by atoms with Gasteiger partial charge in [0.25, 0.3) is 0 Å². The maximum atomic E-state index is 13.4. The number of imide groups is 1. The van der Waals surface area contributed by atoms with Gasteiger partial charge in [-0.05, 0) is 74.9 Å². The number of carbonyl (C=O) groups is 3. The Hall–Kier alpha value is -4.76. The number of nitrogens with one attached hydrogen (secondary N) is 2. The zero-order valence-electron chi connectivity index (χ0n) is 31.2. The van der Waals surface area contributed by atoms with Gasteiger partial charge >= 0.3 is 6.03 Å². The molecule has 2 aliphatic carbocycles. The Labute approximate surface area is 304 Å². The van der Waals surface area contributed by atoms with E-state index in [0.717, 1.165) is 34.7 Å². The van der Waals surface area contributed by atoms with Gasteiger partial charge in [-0.3, -0.25) is 19.4 Å². The first-order valence-corrected chi connectivity index (χ1v) is 21.0. The van der Waals surface area contributed by atoms with Gasteiger partial charge in [-0.2, -0.15) is 0 Å². The molecule has 274 valence electrons. The summed E-state index contributed by atoms with van der Waals surface area (Å²) in [5, 5.41) is 6.57. The van der Waals surface area contributed by atoms with Crippen molar-refractivity contribution in [3.8, 4) is 0 Å². The number of nitrogens with zero attached hydrogens (tertiary/aromatic N) is 8. The van der Waals surface area contributed by atoms with Gasteiger partial charge in [0.05, 0.1) is 17.4 Å². The fraction of sp³-hybridized carbons (Fsp3) is 0.514. The van der Waals surface area contributed by atoms with Crippen molar-refractivity contribution in [2.45, 2.75) is 96.3 Å². The van der Waals surface area contributed by atoms with E-state index in [1.165, 1.54) is 11.9 Å². The highest BCUT2D eigenvalue weighted by Crippen LogP contribution is 2.46. The second kappa shape index (κ2) is 13.3. The lowest BCUT2D eigenvalue weighted by atomic mass is 10.1. The molecule has 0 aromatic carbocycles. The fourth-order valence-corrected chi connectivity index (χ4v) is 7.29. The van der Waals surface area contributed by atoms with Crippen molar-refractivity contribution in [3.05, 3.63) is 65.4 Å². The van der Waals surface area contributed by atoms with Gasteiger partial charge in [-0.15, -0.1) is 0 Å². The van der Waals surface area contributed by atoms with Crippen LogP contribution in [0, 0.1) is 12.8 Å². The summed E-state index contributed by atoms with van der Waals surface area (Å²) in [7, 11) is -0.489. The van der Waals surface area contributed by atoms with Crippen LogP contribution in [0.15, 0.2) is 36.8 Å². The highest BCUT2D eigenvalue weighted by Gasteiger charge is 2.46. The first-order valence-electron chi connectivity index (χ1n) is 18.1. The predicted octanol–water partition coefficient (Wildman–Crippen LogP) is 5.98. The Morgan fingerprint density at radius 2 is 1.83 bits per heavy atom. The molecule has 2 unspecified atom stereocenters. The molecule has 0 spiro atoms. The molecule has 1 saturated heterocycles. The molecule has 0 radical (unpaired) electrons. The zero-order chi connectivity index (χ0) is 37.1. The van der Waals surface area contributed by atoms with Crippen molar-refractivity contribution in [2.24, 2.45) is 5.92 Å². The molecule has 5 heterocycles. The average Bonchev–Trinajstić information content (AvgIpc) is 4.01. The van der Waals surface area contributed by atoms with Crippen LogP contribution >= 0.6 is 0 Å². The number of hydrogen-bond donors (Lipinski definition) is 2. The second-order valence-corrected chi connectivity index (χ2v) is 20.7. The molecule has 1 aliphatic heterocycles. The van der Waals surface area contributed by atoms with Crippen LogP contribution < -0.4 is 15.5 Å². The predicted molar refractivity (Wildman–Crippen MR) is 200 cm³/mol. The van der Waals surface area contributed by atoms with Crippen LogP contribution in [0.3, 0.4) is 0 Å². The van der Waals surface area contributed by atoms with E-state index < -0.39 is 8.32 Å². The van der Waals surface area contributed by atoms with Crippen LogP contribution in [0.25, 0.3) is 5.65 Å². The lowest BCUT2D eigenvalue weighted by Gasteiger charge is -2.36. The minimum atomic E-state index is -1.99. The minimum Gasteiger partial charge on any atom is -0.416 e. The summed E-state index contributed by atoms with van der Waals surface area (Å²) in [6.45, 7) is 15.4. The van der Waals surface area contributed by atoms with Gasteiger partial charge in [0.1, 0.15) is 29.8 Å². The zero-order valence-corrected chi connectivity index (χ0v) is 32.2. The molecule has 3 atom stereocenters. The number of carbonyl (C=O) groups excluding carboxylic acids is 3. The molecule has 3 aliphatic rings. The van der Waals surface area contributed by atoms with Gasteiger partial charge in [0, 0.05) is 62.3 Å². The number of aromatic nitrogens is 6. The lowest BCUT2D eigenvalue weighted by molar-refractivity contribution is -0.124. The van der Waals surface area contributed by atoms with Crippen molar-refractivity contribution >= 4 is 49.1 Å². The summed E-state index contributed by atoms with van der Waals surface area (Å²) >= 11 is 0. The van der Waals surface area contributed by atoms with E-state index >= 15 is 0 Å². The highest BCUT2D eigenvalue weighted by molar-refractivity contribution is 6.74. The SMILES string of the molecule is Cc1ccnc(C2CC2C(=O)Nc2cc(N[C@H](C)c3cn4cc(C5CC5)cc(N5CC(=O)N(C)C5=O)c4n3)nc(CCO[Si](C)(C)C(C)(C)C)n2)n1. The van der Waals surface area contributed by atoms with Crippen LogP contribution in [0.2, 0.25) is 18.1 Å². The Morgan fingerprint density at radius 1 is 1.08 bits per heavy atom. The van der Waals surface area contributed by atoms with Gasteiger partial charge < -0.3 is 19.5 Å². The normalized spacial score (nSPS) is 19.8. The molecule has 2 N–H and O–H groups in total. The van der Waals surface area contributed by atoms with Gasteiger partial charge in [0.15, 0.2) is 14.0 Å². The van der Waals surface area contributed by atoms with Crippen molar-refractivity contribution in [3.63, 3.8) is 0 Å². The number of pyridine rings is 1. The molecular weight excluding hydrogens is 677 g/mol. The van der Waals surface area contributed by atoms with Crippen molar-refractivity contribution in [1.29, 1.82) is 0 Å². The maximum Gasteiger partial charge on any atom is 0.331 e. The van der Waals surface area contributed by atoms with Gasteiger partial charge in [-0.25, -0.2) is 29.7 Å². The summed E-state index contributed by atoms with van der Waals surface area (Å²) in [6.07, 6.45) is 9.09. The number of rotatable bonds is 12. The van der Waals surface area contributed by atoms with Crippen LogP contribution in [-0.4, -0.2) is 80.6 Å². The van der Waals surface area contributed by atoms with Gasteiger partial charge in [0.2, 0.25) is 11.8 Å². The molecule has 4 amide bonds. The molecule has 52 heavy (non-hydrogen) atoms.